The van der Waals surface area contributed by atoms with Gasteiger partial charge in [-0.2, -0.15) is 5.10 Å². The SMILES string of the molecule is CC(C)CCN(CCC(C)C)C(=O)c1ccn2nc(-c3cccc(C(N)=O)c3)c(C=CCN3CCCCC3)c2c1. The zero-order valence-electron chi connectivity index (χ0n) is 24.6. The molecule has 1 aliphatic rings. The van der Waals surface area contributed by atoms with Crippen molar-refractivity contribution in [1.82, 2.24) is 19.4 Å². The molecule has 214 valence electrons. The maximum Gasteiger partial charge on any atom is 0.253 e. The largest absolute Gasteiger partial charge is 0.366 e. The van der Waals surface area contributed by atoms with Gasteiger partial charge in [0, 0.05) is 48.1 Å². The number of hydrogen-bond donors (Lipinski definition) is 1. The van der Waals surface area contributed by atoms with E-state index in [1.165, 1.54) is 19.3 Å². The highest BCUT2D eigenvalue weighted by molar-refractivity contribution is 5.97. The van der Waals surface area contributed by atoms with Crippen LogP contribution in [0.1, 0.15) is 86.1 Å². The van der Waals surface area contributed by atoms with Gasteiger partial charge >= 0.3 is 0 Å². The zero-order valence-corrected chi connectivity index (χ0v) is 24.6. The number of nitrogens with zero attached hydrogens (tertiary/aromatic N) is 4. The Balaban J connectivity index is 1.72. The lowest BCUT2D eigenvalue weighted by molar-refractivity contribution is 0.0740. The van der Waals surface area contributed by atoms with Crippen LogP contribution in [0.3, 0.4) is 0 Å². The minimum atomic E-state index is -0.469. The van der Waals surface area contributed by atoms with Crippen molar-refractivity contribution in [3.63, 3.8) is 0 Å². The number of carbonyl (C=O) groups is 2. The molecule has 0 spiro atoms. The standard InChI is InChI=1S/C33H45N5O2/c1-24(2)13-19-37(20-14-25(3)4)33(40)28-15-21-38-30(23-28)29(12-9-18-36-16-6-5-7-17-36)31(35-38)26-10-8-11-27(22-26)32(34)39/h8-12,15,21-25H,5-7,13-14,16-20H2,1-4H3,(H2,34,39). The fourth-order valence-electron chi connectivity index (χ4n) is 5.18. The number of rotatable bonds is 12. The number of nitrogens with two attached hydrogens (primary N) is 1. The first-order chi connectivity index (χ1) is 19.2. The molecule has 1 aromatic carbocycles. The molecule has 0 aliphatic carbocycles. The van der Waals surface area contributed by atoms with Crippen molar-refractivity contribution in [1.29, 1.82) is 0 Å². The van der Waals surface area contributed by atoms with Crippen LogP contribution in [0, 0.1) is 11.8 Å². The molecular formula is C33H45N5O2. The highest BCUT2D eigenvalue weighted by Crippen LogP contribution is 2.29. The van der Waals surface area contributed by atoms with E-state index in [4.69, 9.17) is 10.8 Å². The molecule has 0 atom stereocenters. The van der Waals surface area contributed by atoms with Crippen LogP contribution in [-0.4, -0.2) is 64.0 Å². The van der Waals surface area contributed by atoms with Crippen LogP contribution >= 0.6 is 0 Å². The Bertz CT molecular complexity index is 1320. The third-order valence-electron chi connectivity index (χ3n) is 7.68. The minimum absolute atomic E-state index is 0.0607. The summed E-state index contributed by atoms with van der Waals surface area (Å²) in [5.74, 6) is 0.651. The molecule has 0 unspecified atom stereocenters. The second-order valence-corrected chi connectivity index (χ2v) is 11.9. The molecule has 4 rings (SSSR count). The molecule has 7 nitrogen and oxygen atoms in total. The van der Waals surface area contributed by atoms with E-state index in [0.29, 0.717) is 23.0 Å². The lowest BCUT2D eigenvalue weighted by Gasteiger charge is -2.25. The van der Waals surface area contributed by atoms with E-state index in [2.05, 4.69) is 44.7 Å². The maximum absolute atomic E-state index is 13.8. The summed E-state index contributed by atoms with van der Waals surface area (Å²) < 4.78 is 1.83. The third-order valence-corrected chi connectivity index (χ3v) is 7.68. The van der Waals surface area contributed by atoms with Crippen LogP contribution in [0.5, 0.6) is 0 Å². The van der Waals surface area contributed by atoms with Gasteiger partial charge in [0.15, 0.2) is 0 Å². The Hall–Kier alpha value is -3.45. The first-order valence-corrected chi connectivity index (χ1v) is 14.8. The number of fused-ring (bicyclic) bond motifs is 1. The molecule has 40 heavy (non-hydrogen) atoms. The van der Waals surface area contributed by atoms with E-state index in [0.717, 1.165) is 67.9 Å². The van der Waals surface area contributed by atoms with Crippen LogP contribution in [0.2, 0.25) is 0 Å². The van der Waals surface area contributed by atoms with Gasteiger partial charge in [0.2, 0.25) is 5.91 Å². The lowest BCUT2D eigenvalue weighted by atomic mass is 10.0. The number of hydrogen-bond acceptors (Lipinski definition) is 4. The number of carbonyl (C=O) groups excluding carboxylic acids is 2. The Kier molecular flexibility index (Phi) is 10.2. The van der Waals surface area contributed by atoms with Crippen LogP contribution in [0.15, 0.2) is 48.7 Å². The van der Waals surface area contributed by atoms with Crippen LogP contribution in [-0.2, 0) is 0 Å². The second-order valence-electron chi connectivity index (χ2n) is 11.9. The second kappa shape index (κ2) is 13.8. The smallest absolute Gasteiger partial charge is 0.253 e. The van der Waals surface area contributed by atoms with E-state index >= 15 is 0 Å². The fourth-order valence-corrected chi connectivity index (χ4v) is 5.18. The van der Waals surface area contributed by atoms with Crippen molar-refractivity contribution >= 4 is 23.4 Å². The van der Waals surface area contributed by atoms with Gasteiger partial charge in [-0.3, -0.25) is 14.5 Å². The van der Waals surface area contributed by atoms with Gasteiger partial charge < -0.3 is 10.6 Å². The van der Waals surface area contributed by atoms with Crippen molar-refractivity contribution in [3.8, 4) is 11.3 Å². The normalized spacial score (nSPS) is 14.6. The molecular weight excluding hydrogens is 498 g/mol. The first-order valence-electron chi connectivity index (χ1n) is 14.8. The van der Waals surface area contributed by atoms with Gasteiger partial charge in [0.25, 0.3) is 5.91 Å². The molecule has 7 heteroatoms. The summed E-state index contributed by atoms with van der Waals surface area (Å²) in [6, 6.07) is 11.1. The average molecular weight is 544 g/mol. The number of primary amides is 1. The van der Waals surface area contributed by atoms with Gasteiger partial charge in [-0.15, -0.1) is 0 Å². The topological polar surface area (TPSA) is 83.9 Å². The number of benzene rings is 1. The van der Waals surface area contributed by atoms with E-state index in [9.17, 15) is 9.59 Å². The van der Waals surface area contributed by atoms with E-state index in [1.54, 1.807) is 12.1 Å². The van der Waals surface area contributed by atoms with Gasteiger partial charge in [-0.05, 0) is 74.9 Å². The summed E-state index contributed by atoms with van der Waals surface area (Å²) in [6.45, 7) is 13.4. The van der Waals surface area contributed by atoms with Gasteiger partial charge in [-0.25, -0.2) is 4.52 Å². The summed E-state index contributed by atoms with van der Waals surface area (Å²) in [5, 5.41) is 4.89. The summed E-state index contributed by atoms with van der Waals surface area (Å²) >= 11 is 0. The van der Waals surface area contributed by atoms with E-state index in [-0.39, 0.29) is 5.91 Å². The number of pyridine rings is 1. The van der Waals surface area contributed by atoms with Gasteiger partial charge in [-0.1, -0.05) is 58.4 Å². The minimum Gasteiger partial charge on any atom is -0.366 e. The predicted octanol–water partition coefficient (Wildman–Crippen LogP) is 6.13. The van der Waals surface area contributed by atoms with Crippen molar-refractivity contribution < 1.29 is 9.59 Å². The van der Waals surface area contributed by atoms with Crippen LogP contribution < -0.4 is 5.73 Å². The van der Waals surface area contributed by atoms with Gasteiger partial charge in [0.1, 0.15) is 5.69 Å². The molecule has 0 bridgehead atoms. The Morgan fingerprint density at radius 1 is 0.975 bits per heavy atom. The van der Waals surface area contributed by atoms with Crippen molar-refractivity contribution in [2.24, 2.45) is 17.6 Å². The van der Waals surface area contributed by atoms with E-state index in [1.807, 2.05) is 39.9 Å². The first kappa shape index (κ1) is 29.5. The summed E-state index contributed by atoms with van der Waals surface area (Å²) in [6.07, 6.45) is 11.9. The Morgan fingerprint density at radius 3 is 2.33 bits per heavy atom. The highest BCUT2D eigenvalue weighted by Gasteiger charge is 2.20. The summed E-state index contributed by atoms with van der Waals surface area (Å²) in [5.41, 5.74) is 10.1. The van der Waals surface area contributed by atoms with E-state index < -0.39 is 5.91 Å². The molecule has 3 aromatic rings. The molecule has 1 aliphatic heterocycles. The molecule has 3 heterocycles. The van der Waals surface area contributed by atoms with Gasteiger partial charge in [0.05, 0.1) is 5.52 Å². The molecule has 1 fully saturated rings. The van der Waals surface area contributed by atoms with Crippen LogP contribution in [0.25, 0.3) is 22.9 Å². The Labute approximate surface area is 239 Å². The van der Waals surface area contributed by atoms with Crippen LogP contribution in [0.4, 0.5) is 0 Å². The molecule has 1 saturated heterocycles. The third kappa shape index (κ3) is 7.60. The van der Waals surface area contributed by atoms with Crippen molar-refractivity contribution in [3.05, 3.63) is 65.4 Å². The molecule has 2 N–H and O–H groups in total. The average Bonchev–Trinajstić information content (AvgIpc) is 3.31. The number of amides is 2. The zero-order chi connectivity index (χ0) is 28.6. The summed E-state index contributed by atoms with van der Waals surface area (Å²) in [7, 11) is 0. The number of likely N-dealkylation sites (tertiary alicyclic amines) is 1. The fraction of sp³-hybridized carbons (Fsp3) is 0.485. The Morgan fingerprint density at radius 2 is 1.68 bits per heavy atom. The predicted molar refractivity (Wildman–Crippen MR) is 163 cm³/mol. The number of piperidine rings is 1. The molecule has 2 amide bonds. The quantitative estimate of drug-likeness (QED) is 0.298. The monoisotopic (exact) mass is 543 g/mol. The maximum atomic E-state index is 13.8. The van der Waals surface area contributed by atoms with Crippen molar-refractivity contribution in [2.75, 3.05) is 32.7 Å². The molecule has 2 aromatic heterocycles. The molecule has 0 radical (unpaired) electrons. The number of aromatic nitrogens is 2. The highest BCUT2D eigenvalue weighted by atomic mass is 16.2. The lowest BCUT2D eigenvalue weighted by Crippen LogP contribution is -2.34. The molecule has 0 saturated carbocycles. The van der Waals surface area contributed by atoms with Crippen molar-refractivity contribution in [2.45, 2.75) is 59.8 Å². The summed E-state index contributed by atoms with van der Waals surface area (Å²) in [4.78, 5) is 30.1.